The number of rotatable bonds is 2. The molecule has 1 fully saturated rings. The molecule has 1 aromatic rings. The smallest absolute Gasteiger partial charge is 0.0722 e. The molecule has 1 saturated heterocycles. The number of hydrogen-bond acceptors (Lipinski definition) is 2. The average molecular weight is 294 g/mol. The first-order chi connectivity index (χ1) is 8.16. The number of benzene rings is 1. The lowest BCUT2D eigenvalue weighted by Gasteiger charge is -2.19. The van der Waals surface area contributed by atoms with Crippen molar-refractivity contribution in [1.29, 1.82) is 0 Å². The summed E-state index contributed by atoms with van der Waals surface area (Å²) < 4.78 is 0. The normalized spacial score (nSPS) is 21.0. The Balaban J connectivity index is 2.11. The second-order valence-corrected chi connectivity index (χ2v) is 5.52. The molecule has 0 bridgehead atoms. The molecule has 1 aliphatic heterocycles. The van der Waals surface area contributed by atoms with Crippen molar-refractivity contribution in [2.45, 2.75) is 25.3 Å². The average Bonchev–Trinajstić information content (AvgIpc) is 2.51. The first-order valence-corrected chi connectivity index (χ1v) is 6.92. The van der Waals surface area contributed by atoms with Crippen LogP contribution in [0.4, 0.5) is 5.69 Å². The Labute approximate surface area is 117 Å². The predicted octanol–water partition coefficient (Wildman–Crippen LogP) is 4.20. The summed E-state index contributed by atoms with van der Waals surface area (Å²) in [5.41, 5.74) is 0.796. The fourth-order valence-electron chi connectivity index (χ4n) is 2.05. The van der Waals surface area contributed by atoms with Crippen LogP contribution in [0.1, 0.15) is 19.3 Å². The highest BCUT2D eigenvalue weighted by molar-refractivity contribution is 6.41. The molecule has 0 radical (unpaired) electrons. The Morgan fingerprint density at radius 3 is 2.47 bits per heavy atom. The highest BCUT2D eigenvalue weighted by Crippen LogP contribution is 2.34. The van der Waals surface area contributed by atoms with E-state index in [4.69, 9.17) is 34.8 Å². The molecule has 2 nitrogen and oxygen atoms in total. The molecule has 1 heterocycles. The Morgan fingerprint density at radius 1 is 1.06 bits per heavy atom. The summed E-state index contributed by atoms with van der Waals surface area (Å²) in [6.07, 6.45) is 3.37. The minimum atomic E-state index is 0.418. The van der Waals surface area contributed by atoms with E-state index in [-0.39, 0.29) is 0 Å². The maximum Gasteiger partial charge on any atom is 0.0722 e. The van der Waals surface area contributed by atoms with E-state index in [9.17, 15) is 0 Å². The quantitative estimate of drug-likeness (QED) is 0.854. The Hall–Kier alpha value is -0.150. The van der Waals surface area contributed by atoms with Crippen LogP contribution in [-0.4, -0.2) is 19.1 Å². The first-order valence-electron chi connectivity index (χ1n) is 5.78. The highest BCUT2D eigenvalue weighted by atomic mass is 35.5. The van der Waals surface area contributed by atoms with Crippen LogP contribution < -0.4 is 10.6 Å². The fourth-order valence-corrected chi connectivity index (χ4v) is 2.97. The molecule has 0 saturated carbocycles. The van der Waals surface area contributed by atoms with Gasteiger partial charge in [0.15, 0.2) is 0 Å². The summed E-state index contributed by atoms with van der Waals surface area (Å²) in [5.74, 6) is 0. The van der Waals surface area contributed by atoms with Gasteiger partial charge in [-0.05, 0) is 44.5 Å². The van der Waals surface area contributed by atoms with Gasteiger partial charge in [0.05, 0.1) is 15.7 Å². The van der Waals surface area contributed by atoms with E-state index in [1.807, 2.05) is 0 Å². The van der Waals surface area contributed by atoms with Crippen LogP contribution in [0.25, 0.3) is 0 Å². The predicted molar refractivity (Wildman–Crippen MR) is 75.6 cm³/mol. The van der Waals surface area contributed by atoms with Gasteiger partial charge < -0.3 is 10.6 Å². The van der Waals surface area contributed by atoms with Crippen LogP contribution in [0.15, 0.2) is 12.1 Å². The summed E-state index contributed by atoms with van der Waals surface area (Å²) >= 11 is 18.2. The molecule has 1 atom stereocenters. The van der Waals surface area contributed by atoms with Gasteiger partial charge in [-0.15, -0.1) is 0 Å². The van der Waals surface area contributed by atoms with Crippen molar-refractivity contribution in [2.24, 2.45) is 0 Å². The Morgan fingerprint density at radius 2 is 1.76 bits per heavy atom. The van der Waals surface area contributed by atoms with Crippen molar-refractivity contribution in [3.63, 3.8) is 0 Å². The molecule has 1 aliphatic rings. The van der Waals surface area contributed by atoms with Gasteiger partial charge in [-0.1, -0.05) is 34.8 Å². The summed E-state index contributed by atoms with van der Waals surface area (Å²) in [6.45, 7) is 2.11. The third-order valence-electron chi connectivity index (χ3n) is 2.93. The molecule has 2 N–H and O–H groups in total. The second-order valence-electron chi connectivity index (χ2n) is 4.27. The SMILES string of the molecule is Clc1cc(Cl)c(NC2CCCNCC2)c(Cl)c1. The zero-order valence-electron chi connectivity index (χ0n) is 9.40. The van der Waals surface area contributed by atoms with E-state index in [1.165, 1.54) is 6.42 Å². The molecule has 0 aliphatic carbocycles. The molecule has 17 heavy (non-hydrogen) atoms. The summed E-state index contributed by atoms with van der Waals surface area (Å²) in [4.78, 5) is 0. The van der Waals surface area contributed by atoms with Gasteiger partial charge in [0, 0.05) is 11.1 Å². The van der Waals surface area contributed by atoms with Crippen molar-refractivity contribution in [2.75, 3.05) is 18.4 Å². The third-order valence-corrected chi connectivity index (χ3v) is 3.75. The van der Waals surface area contributed by atoms with Gasteiger partial charge in [0.2, 0.25) is 0 Å². The van der Waals surface area contributed by atoms with Crippen LogP contribution in [0.2, 0.25) is 15.1 Å². The van der Waals surface area contributed by atoms with Crippen molar-refractivity contribution < 1.29 is 0 Å². The van der Waals surface area contributed by atoms with Crippen molar-refractivity contribution >= 4 is 40.5 Å². The molecule has 0 spiro atoms. The fraction of sp³-hybridized carbons (Fsp3) is 0.500. The van der Waals surface area contributed by atoms with E-state index in [2.05, 4.69) is 10.6 Å². The van der Waals surface area contributed by atoms with Crippen LogP contribution in [0.3, 0.4) is 0 Å². The van der Waals surface area contributed by atoms with E-state index in [1.54, 1.807) is 12.1 Å². The van der Waals surface area contributed by atoms with E-state index >= 15 is 0 Å². The van der Waals surface area contributed by atoms with Gasteiger partial charge in [0.1, 0.15) is 0 Å². The van der Waals surface area contributed by atoms with Gasteiger partial charge in [-0.2, -0.15) is 0 Å². The maximum atomic E-state index is 6.15. The standard InChI is InChI=1S/C12H15Cl3N2/c13-8-6-10(14)12(11(15)7-8)17-9-2-1-4-16-5-3-9/h6-7,9,16-17H,1-5H2. The Kier molecular flexibility index (Phi) is 4.80. The van der Waals surface area contributed by atoms with Gasteiger partial charge in [-0.3, -0.25) is 0 Å². The summed E-state index contributed by atoms with van der Waals surface area (Å²) in [6, 6.07) is 3.85. The molecule has 2 rings (SSSR count). The summed E-state index contributed by atoms with van der Waals surface area (Å²) in [5, 5.41) is 8.53. The Bertz CT molecular complexity index is 364. The van der Waals surface area contributed by atoms with Gasteiger partial charge >= 0.3 is 0 Å². The van der Waals surface area contributed by atoms with E-state index in [0.717, 1.165) is 31.6 Å². The molecule has 5 heteroatoms. The molecular formula is C12H15Cl3N2. The van der Waals surface area contributed by atoms with Crippen LogP contribution in [0.5, 0.6) is 0 Å². The zero-order chi connectivity index (χ0) is 12.3. The number of hydrogen-bond donors (Lipinski definition) is 2. The largest absolute Gasteiger partial charge is 0.380 e. The third kappa shape index (κ3) is 3.65. The highest BCUT2D eigenvalue weighted by Gasteiger charge is 2.15. The topological polar surface area (TPSA) is 24.1 Å². The lowest BCUT2D eigenvalue weighted by Crippen LogP contribution is -2.21. The van der Waals surface area contributed by atoms with E-state index in [0.29, 0.717) is 21.1 Å². The van der Waals surface area contributed by atoms with Crippen LogP contribution in [-0.2, 0) is 0 Å². The van der Waals surface area contributed by atoms with Crippen molar-refractivity contribution in [3.05, 3.63) is 27.2 Å². The van der Waals surface area contributed by atoms with Crippen molar-refractivity contribution in [1.82, 2.24) is 5.32 Å². The van der Waals surface area contributed by atoms with Gasteiger partial charge in [0.25, 0.3) is 0 Å². The summed E-state index contributed by atoms with van der Waals surface area (Å²) in [7, 11) is 0. The molecule has 94 valence electrons. The molecule has 0 amide bonds. The minimum Gasteiger partial charge on any atom is -0.380 e. The van der Waals surface area contributed by atoms with E-state index < -0.39 is 0 Å². The molecule has 1 unspecified atom stereocenters. The molecule has 1 aromatic carbocycles. The van der Waals surface area contributed by atoms with Crippen molar-refractivity contribution in [3.8, 4) is 0 Å². The van der Waals surface area contributed by atoms with Crippen LogP contribution in [0, 0.1) is 0 Å². The van der Waals surface area contributed by atoms with Gasteiger partial charge in [-0.25, -0.2) is 0 Å². The monoisotopic (exact) mass is 292 g/mol. The minimum absolute atomic E-state index is 0.418. The van der Waals surface area contributed by atoms with Crippen LogP contribution >= 0.6 is 34.8 Å². The second kappa shape index (κ2) is 6.14. The molecule has 0 aromatic heterocycles. The lowest BCUT2D eigenvalue weighted by atomic mass is 10.1. The first kappa shape index (κ1) is 13.3. The number of halogens is 3. The number of anilines is 1. The number of nitrogens with one attached hydrogen (secondary N) is 2. The lowest BCUT2D eigenvalue weighted by molar-refractivity contribution is 0.637. The zero-order valence-corrected chi connectivity index (χ0v) is 11.7. The molecular weight excluding hydrogens is 279 g/mol. The maximum absolute atomic E-state index is 6.15.